The molecule has 1 unspecified atom stereocenters. The van der Waals surface area contributed by atoms with Crippen molar-refractivity contribution in [3.05, 3.63) is 48.0 Å². The van der Waals surface area contributed by atoms with Crippen molar-refractivity contribution in [2.75, 3.05) is 5.73 Å². The van der Waals surface area contributed by atoms with Crippen LogP contribution in [0.15, 0.2) is 42.5 Å². The molecule has 0 radical (unpaired) electrons. The first-order valence-corrected chi connectivity index (χ1v) is 10.9. The smallest absolute Gasteiger partial charge is 0.315 e. The number of urea groups is 1. The lowest BCUT2D eigenvalue weighted by Crippen LogP contribution is -2.46. The van der Waals surface area contributed by atoms with E-state index in [2.05, 4.69) is 27.8 Å². The normalized spacial score (nSPS) is 15.4. The molecule has 2 amide bonds. The summed E-state index contributed by atoms with van der Waals surface area (Å²) in [6.07, 6.45) is 7.88. The van der Waals surface area contributed by atoms with E-state index in [4.69, 9.17) is 11.1 Å². The molecule has 1 aliphatic rings. The van der Waals surface area contributed by atoms with Gasteiger partial charge in [0, 0.05) is 29.8 Å². The second-order valence-electron chi connectivity index (χ2n) is 8.31. The molecule has 1 fully saturated rings. The third-order valence-electron chi connectivity index (χ3n) is 5.61. The van der Waals surface area contributed by atoms with Gasteiger partial charge in [0.15, 0.2) is 0 Å². The van der Waals surface area contributed by atoms with Gasteiger partial charge in [-0.15, -0.1) is 0 Å². The number of hydrogen-bond donors (Lipinski definition) is 4. The van der Waals surface area contributed by atoms with E-state index in [0.717, 1.165) is 30.5 Å². The molecule has 2 aromatic rings. The van der Waals surface area contributed by atoms with E-state index in [0.29, 0.717) is 30.4 Å². The maximum Gasteiger partial charge on any atom is 0.315 e. The summed E-state index contributed by atoms with van der Waals surface area (Å²) in [6.45, 7) is 1.96. The van der Waals surface area contributed by atoms with Crippen molar-refractivity contribution >= 4 is 17.6 Å². The first-order valence-electron chi connectivity index (χ1n) is 10.9. The van der Waals surface area contributed by atoms with Crippen molar-refractivity contribution < 1.29 is 4.79 Å². The molecule has 1 atom stereocenters. The topological polar surface area (TPSA) is 104 Å². The molecule has 1 aromatic heterocycles. The molecule has 0 bridgehead atoms. The quantitative estimate of drug-likeness (QED) is 0.477. The van der Waals surface area contributed by atoms with Crippen LogP contribution in [0.3, 0.4) is 0 Å². The van der Waals surface area contributed by atoms with Crippen molar-refractivity contribution in [1.29, 1.82) is 5.41 Å². The standard InChI is InChI=1S/C24H33N5O/c1-17(27-24(30)28-21-6-3-2-4-7-21)16-20(25)15-12-18-10-13-19(14-11-18)22-8-5-9-23(26)29-22/h5,8-11,13-14,17,21,25H,2-4,6-7,12,15-16H2,1H3,(H2,26,29)(H2,27,28,30). The number of aryl methyl sites for hydroxylation is 1. The second-order valence-corrected chi connectivity index (χ2v) is 8.31. The number of carbonyl (C=O) groups is 1. The van der Waals surface area contributed by atoms with Gasteiger partial charge in [-0.05, 0) is 50.3 Å². The van der Waals surface area contributed by atoms with Crippen LogP contribution in [0, 0.1) is 5.41 Å². The van der Waals surface area contributed by atoms with Crippen molar-refractivity contribution in [3.63, 3.8) is 0 Å². The number of benzene rings is 1. The predicted octanol–water partition coefficient (Wildman–Crippen LogP) is 4.69. The summed E-state index contributed by atoms with van der Waals surface area (Å²) in [5.41, 5.74) is 9.49. The summed E-state index contributed by atoms with van der Waals surface area (Å²) >= 11 is 0. The van der Waals surface area contributed by atoms with Gasteiger partial charge in [0.05, 0.1) is 5.69 Å². The van der Waals surface area contributed by atoms with Gasteiger partial charge in [0.25, 0.3) is 0 Å². The summed E-state index contributed by atoms with van der Waals surface area (Å²) in [6, 6.07) is 14.0. The van der Waals surface area contributed by atoms with Crippen molar-refractivity contribution in [3.8, 4) is 11.3 Å². The molecule has 1 aromatic carbocycles. The Bertz CT molecular complexity index is 843. The van der Waals surface area contributed by atoms with E-state index >= 15 is 0 Å². The van der Waals surface area contributed by atoms with Gasteiger partial charge < -0.3 is 21.8 Å². The number of nitrogens with two attached hydrogens (primary N) is 1. The number of anilines is 1. The number of nitrogens with zero attached hydrogens (tertiary/aromatic N) is 1. The van der Waals surface area contributed by atoms with E-state index in [9.17, 15) is 4.79 Å². The van der Waals surface area contributed by atoms with Crippen molar-refractivity contribution in [1.82, 2.24) is 15.6 Å². The molecular formula is C24H33N5O. The second kappa shape index (κ2) is 10.8. The summed E-state index contributed by atoms with van der Waals surface area (Å²) in [5, 5.41) is 14.3. The van der Waals surface area contributed by atoms with Gasteiger partial charge in [-0.25, -0.2) is 9.78 Å². The Morgan fingerprint density at radius 3 is 2.60 bits per heavy atom. The summed E-state index contributed by atoms with van der Waals surface area (Å²) in [7, 11) is 0. The van der Waals surface area contributed by atoms with Crippen LogP contribution in [0.4, 0.5) is 10.6 Å². The van der Waals surface area contributed by atoms with Crippen LogP contribution < -0.4 is 16.4 Å². The molecule has 5 N–H and O–H groups in total. The minimum absolute atomic E-state index is 0.0434. The summed E-state index contributed by atoms with van der Waals surface area (Å²) in [4.78, 5) is 16.5. The molecular weight excluding hydrogens is 374 g/mol. The van der Waals surface area contributed by atoms with E-state index < -0.39 is 0 Å². The number of aromatic nitrogens is 1. The molecule has 6 heteroatoms. The number of carbonyl (C=O) groups excluding carboxylic acids is 1. The van der Waals surface area contributed by atoms with Crippen LogP contribution >= 0.6 is 0 Å². The number of amides is 2. The van der Waals surface area contributed by atoms with E-state index in [-0.39, 0.29) is 12.1 Å². The Labute approximate surface area is 179 Å². The molecule has 1 saturated carbocycles. The minimum atomic E-state index is -0.104. The molecule has 0 aliphatic heterocycles. The van der Waals surface area contributed by atoms with Crippen molar-refractivity contribution in [2.45, 2.75) is 70.4 Å². The lowest BCUT2D eigenvalue weighted by molar-refractivity contribution is 0.230. The van der Waals surface area contributed by atoms with Gasteiger partial charge >= 0.3 is 6.03 Å². The van der Waals surface area contributed by atoms with E-state index in [1.54, 1.807) is 6.07 Å². The average Bonchev–Trinajstić information content (AvgIpc) is 2.73. The van der Waals surface area contributed by atoms with E-state index in [1.807, 2.05) is 31.2 Å². The SMILES string of the molecule is CC(CC(=N)CCc1ccc(-c2cccc(N)n2)cc1)NC(=O)NC1CCCCC1. The molecule has 0 spiro atoms. The van der Waals surface area contributed by atoms with Gasteiger partial charge in [0.2, 0.25) is 0 Å². The lowest BCUT2D eigenvalue weighted by Gasteiger charge is -2.24. The van der Waals surface area contributed by atoms with E-state index in [1.165, 1.54) is 24.8 Å². The molecule has 160 valence electrons. The van der Waals surface area contributed by atoms with Gasteiger partial charge in [-0.3, -0.25) is 0 Å². The monoisotopic (exact) mass is 407 g/mol. The third kappa shape index (κ3) is 6.87. The molecule has 30 heavy (non-hydrogen) atoms. The third-order valence-corrected chi connectivity index (χ3v) is 5.61. The summed E-state index contributed by atoms with van der Waals surface area (Å²) < 4.78 is 0. The fourth-order valence-electron chi connectivity index (χ4n) is 3.97. The Kier molecular flexibility index (Phi) is 7.82. The average molecular weight is 408 g/mol. The molecule has 6 nitrogen and oxygen atoms in total. The highest BCUT2D eigenvalue weighted by atomic mass is 16.2. The molecule has 0 saturated heterocycles. The van der Waals surface area contributed by atoms with Gasteiger partial charge in [-0.1, -0.05) is 49.6 Å². The maximum atomic E-state index is 12.1. The zero-order valence-electron chi connectivity index (χ0n) is 17.8. The van der Waals surface area contributed by atoms with Gasteiger partial charge in [-0.2, -0.15) is 0 Å². The zero-order valence-corrected chi connectivity index (χ0v) is 17.8. The van der Waals surface area contributed by atoms with Crippen LogP contribution in [0.2, 0.25) is 0 Å². The first kappa shape index (κ1) is 21.8. The highest BCUT2D eigenvalue weighted by Gasteiger charge is 2.17. The van der Waals surface area contributed by atoms with Crippen LogP contribution in [0.1, 0.15) is 57.4 Å². The Morgan fingerprint density at radius 1 is 1.17 bits per heavy atom. The Balaban J connectivity index is 1.40. The summed E-state index contributed by atoms with van der Waals surface area (Å²) in [5.74, 6) is 0.514. The zero-order chi connectivity index (χ0) is 21.3. The van der Waals surface area contributed by atoms with Crippen LogP contribution in [0.5, 0.6) is 0 Å². The van der Waals surface area contributed by atoms with Gasteiger partial charge in [0.1, 0.15) is 5.82 Å². The highest BCUT2D eigenvalue weighted by Crippen LogP contribution is 2.19. The number of hydrogen-bond acceptors (Lipinski definition) is 4. The van der Waals surface area contributed by atoms with Crippen LogP contribution in [-0.2, 0) is 6.42 Å². The van der Waals surface area contributed by atoms with Crippen molar-refractivity contribution in [2.24, 2.45) is 0 Å². The van der Waals surface area contributed by atoms with Crippen LogP contribution in [0.25, 0.3) is 11.3 Å². The fourth-order valence-corrected chi connectivity index (χ4v) is 3.97. The number of nitrogen functional groups attached to an aromatic ring is 1. The maximum absolute atomic E-state index is 12.1. The predicted molar refractivity (Wildman–Crippen MR) is 123 cm³/mol. The Hall–Kier alpha value is -2.89. The molecule has 1 heterocycles. The number of nitrogens with one attached hydrogen (secondary N) is 3. The molecule has 1 aliphatic carbocycles. The Morgan fingerprint density at radius 2 is 1.90 bits per heavy atom. The lowest BCUT2D eigenvalue weighted by atomic mass is 9.96. The first-order chi connectivity index (χ1) is 14.5. The largest absolute Gasteiger partial charge is 0.384 e. The molecule has 3 rings (SSSR count). The van der Waals surface area contributed by atoms with Crippen LogP contribution in [-0.4, -0.2) is 28.8 Å². The minimum Gasteiger partial charge on any atom is -0.384 e. The number of rotatable bonds is 8. The highest BCUT2D eigenvalue weighted by molar-refractivity contribution is 5.83. The fraction of sp³-hybridized carbons (Fsp3) is 0.458. The number of pyridine rings is 1.